The first kappa shape index (κ1) is 21.6. The van der Waals surface area contributed by atoms with E-state index in [4.69, 9.17) is 9.47 Å². The number of ether oxygens (including phenoxy) is 2. The van der Waals surface area contributed by atoms with Crippen molar-refractivity contribution in [2.24, 2.45) is 11.8 Å². The molecule has 1 unspecified atom stereocenters. The Balaban J connectivity index is 1.39. The first-order valence-electron chi connectivity index (χ1n) is 11.1. The molecule has 31 heavy (non-hydrogen) atoms. The van der Waals surface area contributed by atoms with Gasteiger partial charge in [-0.25, -0.2) is 4.79 Å². The lowest BCUT2D eigenvalue weighted by atomic mass is 9.83. The highest BCUT2D eigenvalue weighted by atomic mass is 16.5. The smallest absolute Gasteiger partial charge is 0.337 e. The number of rotatable bonds is 6. The van der Waals surface area contributed by atoms with E-state index < -0.39 is 5.97 Å². The quantitative estimate of drug-likeness (QED) is 0.740. The van der Waals surface area contributed by atoms with Crippen LogP contribution in [-0.2, 0) is 4.74 Å². The van der Waals surface area contributed by atoms with Crippen molar-refractivity contribution < 1.29 is 19.4 Å². The fourth-order valence-electron chi connectivity index (χ4n) is 4.42. The summed E-state index contributed by atoms with van der Waals surface area (Å²) in [4.78, 5) is 22.3. The van der Waals surface area contributed by atoms with Crippen LogP contribution in [0.2, 0.25) is 0 Å². The molecule has 2 aromatic heterocycles. The number of carbonyl (C=O) groups is 1. The number of anilines is 1. The average Bonchev–Trinajstić information content (AvgIpc) is 2.79. The lowest BCUT2D eigenvalue weighted by molar-refractivity contribution is 0.0368. The van der Waals surface area contributed by atoms with E-state index in [2.05, 4.69) is 21.8 Å². The maximum absolute atomic E-state index is 11.2. The van der Waals surface area contributed by atoms with E-state index in [1.807, 2.05) is 12.3 Å². The number of aromatic carboxylic acids is 1. The van der Waals surface area contributed by atoms with Crippen LogP contribution >= 0.6 is 0 Å². The molecular formula is C24H31N3O4. The Morgan fingerprint density at radius 2 is 2.06 bits per heavy atom. The number of aryl methyl sites for hydroxylation is 1. The molecule has 0 radical (unpaired) electrons. The Morgan fingerprint density at radius 1 is 1.26 bits per heavy atom. The van der Waals surface area contributed by atoms with Crippen LogP contribution in [0.25, 0.3) is 0 Å². The van der Waals surface area contributed by atoms with E-state index in [1.165, 1.54) is 25.7 Å². The standard InChI is InChI=1S/C24H31N3O4/c1-16-3-5-18(6-4-16)15-31-20-11-19(12-25-13-20)27-9-10-30-23(14-27)22-8-7-21(24(28)29)17(2)26-22/h7-8,11-13,16,18,23H,3-6,9-10,14-15H2,1-2H3,(H,28,29)/t16-,18-,23?. The SMILES string of the molecule is Cc1nc(C2CN(c3cncc(OC[C@H]4CC[C@H](C)CC4)c3)CCO2)ccc1C(=O)O. The predicted molar refractivity (Wildman–Crippen MR) is 118 cm³/mol. The Kier molecular flexibility index (Phi) is 6.70. The minimum absolute atomic E-state index is 0.218. The van der Waals surface area contributed by atoms with Gasteiger partial charge in [0.25, 0.3) is 0 Å². The van der Waals surface area contributed by atoms with Crippen molar-refractivity contribution >= 4 is 11.7 Å². The van der Waals surface area contributed by atoms with Crippen LogP contribution in [0, 0.1) is 18.8 Å². The van der Waals surface area contributed by atoms with Crippen molar-refractivity contribution in [2.75, 3.05) is 31.2 Å². The Hall–Kier alpha value is -2.67. The van der Waals surface area contributed by atoms with E-state index in [-0.39, 0.29) is 11.7 Å². The molecule has 166 valence electrons. The molecule has 1 N–H and O–H groups in total. The molecule has 7 heteroatoms. The van der Waals surface area contributed by atoms with Gasteiger partial charge in [-0.15, -0.1) is 0 Å². The molecule has 3 heterocycles. The van der Waals surface area contributed by atoms with Gasteiger partial charge in [-0.1, -0.05) is 19.8 Å². The molecule has 1 saturated heterocycles. The summed E-state index contributed by atoms with van der Waals surface area (Å²) < 4.78 is 12.0. The minimum atomic E-state index is -0.964. The summed E-state index contributed by atoms with van der Waals surface area (Å²) in [5.41, 5.74) is 2.47. The van der Waals surface area contributed by atoms with Crippen LogP contribution in [0.4, 0.5) is 5.69 Å². The lowest BCUT2D eigenvalue weighted by Gasteiger charge is -2.34. The van der Waals surface area contributed by atoms with Crippen LogP contribution in [0.1, 0.15) is 60.5 Å². The van der Waals surface area contributed by atoms with Gasteiger partial charge < -0.3 is 19.5 Å². The molecule has 0 amide bonds. The van der Waals surface area contributed by atoms with E-state index in [1.54, 1.807) is 25.3 Å². The molecular weight excluding hydrogens is 394 g/mol. The van der Waals surface area contributed by atoms with E-state index in [0.717, 1.165) is 36.2 Å². The number of hydrogen-bond acceptors (Lipinski definition) is 6. The fraction of sp³-hybridized carbons (Fsp3) is 0.542. The van der Waals surface area contributed by atoms with Crippen LogP contribution in [0.3, 0.4) is 0 Å². The van der Waals surface area contributed by atoms with Crippen molar-refractivity contribution in [1.29, 1.82) is 0 Å². The van der Waals surface area contributed by atoms with Gasteiger partial charge in [-0.3, -0.25) is 9.97 Å². The maximum atomic E-state index is 11.2. The summed E-state index contributed by atoms with van der Waals surface area (Å²) in [6, 6.07) is 5.39. The summed E-state index contributed by atoms with van der Waals surface area (Å²) in [7, 11) is 0. The van der Waals surface area contributed by atoms with Gasteiger partial charge in [-0.2, -0.15) is 0 Å². The lowest BCUT2D eigenvalue weighted by Crippen LogP contribution is -2.38. The predicted octanol–water partition coefficient (Wildman–Crippen LogP) is 4.27. The number of morpholine rings is 1. The van der Waals surface area contributed by atoms with Gasteiger partial charge in [0.05, 0.1) is 54.8 Å². The number of carboxylic acid groups (broad SMARTS) is 1. The van der Waals surface area contributed by atoms with Crippen LogP contribution in [0.15, 0.2) is 30.6 Å². The topological polar surface area (TPSA) is 84.8 Å². The second kappa shape index (κ2) is 9.64. The third-order valence-electron chi connectivity index (χ3n) is 6.42. The summed E-state index contributed by atoms with van der Waals surface area (Å²) >= 11 is 0. The molecule has 0 spiro atoms. The molecule has 7 nitrogen and oxygen atoms in total. The molecule has 1 aliphatic carbocycles. The summed E-state index contributed by atoms with van der Waals surface area (Å²) in [6.45, 7) is 6.75. The number of hydrogen-bond donors (Lipinski definition) is 1. The van der Waals surface area contributed by atoms with Crippen molar-refractivity contribution in [1.82, 2.24) is 9.97 Å². The van der Waals surface area contributed by atoms with E-state index in [0.29, 0.717) is 24.8 Å². The zero-order valence-electron chi connectivity index (χ0n) is 18.3. The molecule has 0 aromatic carbocycles. The zero-order chi connectivity index (χ0) is 21.8. The fourth-order valence-corrected chi connectivity index (χ4v) is 4.42. The number of nitrogens with zero attached hydrogens (tertiary/aromatic N) is 3. The molecule has 2 aromatic rings. The highest BCUT2D eigenvalue weighted by Gasteiger charge is 2.25. The van der Waals surface area contributed by atoms with Gasteiger partial charge in [0.1, 0.15) is 11.9 Å². The van der Waals surface area contributed by atoms with Gasteiger partial charge in [0, 0.05) is 12.6 Å². The zero-order valence-corrected chi connectivity index (χ0v) is 18.3. The van der Waals surface area contributed by atoms with Gasteiger partial charge in [0.2, 0.25) is 0 Å². The molecule has 2 fully saturated rings. The second-order valence-corrected chi connectivity index (χ2v) is 8.80. The third kappa shape index (κ3) is 5.34. The Morgan fingerprint density at radius 3 is 2.81 bits per heavy atom. The highest BCUT2D eigenvalue weighted by Crippen LogP contribution is 2.30. The van der Waals surface area contributed by atoms with Crippen molar-refractivity contribution in [2.45, 2.75) is 45.6 Å². The minimum Gasteiger partial charge on any atom is -0.492 e. The normalized spacial score (nSPS) is 24.1. The third-order valence-corrected chi connectivity index (χ3v) is 6.42. The highest BCUT2D eigenvalue weighted by molar-refractivity contribution is 5.88. The average molecular weight is 426 g/mol. The number of pyridine rings is 2. The van der Waals surface area contributed by atoms with E-state index in [9.17, 15) is 9.90 Å². The monoisotopic (exact) mass is 425 g/mol. The first-order chi connectivity index (χ1) is 15.0. The largest absolute Gasteiger partial charge is 0.492 e. The molecule has 1 aliphatic heterocycles. The van der Waals surface area contributed by atoms with Gasteiger partial charge in [-0.05, 0) is 43.7 Å². The van der Waals surface area contributed by atoms with Crippen LogP contribution < -0.4 is 9.64 Å². The molecule has 4 rings (SSSR count). The maximum Gasteiger partial charge on any atom is 0.337 e. The van der Waals surface area contributed by atoms with E-state index >= 15 is 0 Å². The van der Waals surface area contributed by atoms with Crippen LogP contribution in [0.5, 0.6) is 5.75 Å². The van der Waals surface area contributed by atoms with Crippen molar-refractivity contribution in [3.05, 3.63) is 47.5 Å². The van der Waals surface area contributed by atoms with Gasteiger partial charge >= 0.3 is 5.97 Å². The number of aromatic nitrogens is 2. The number of carboxylic acids is 1. The van der Waals surface area contributed by atoms with Crippen molar-refractivity contribution in [3.63, 3.8) is 0 Å². The first-order valence-corrected chi connectivity index (χ1v) is 11.1. The molecule has 1 atom stereocenters. The Labute approximate surface area is 183 Å². The molecule has 1 saturated carbocycles. The second-order valence-electron chi connectivity index (χ2n) is 8.80. The summed E-state index contributed by atoms with van der Waals surface area (Å²) in [5, 5.41) is 9.22. The van der Waals surface area contributed by atoms with Crippen molar-refractivity contribution in [3.8, 4) is 5.75 Å². The molecule has 2 aliphatic rings. The Bertz CT molecular complexity index is 911. The molecule has 0 bridgehead atoms. The summed E-state index contributed by atoms with van der Waals surface area (Å²) in [5.74, 6) is 1.32. The van der Waals surface area contributed by atoms with Gasteiger partial charge in [0.15, 0.2) is 0 Å². The van der Waals surface area contributed by atoms with Crippen LogP contribution in [-0.4, -0.2) is 47.3 Å². The summed E-state index contributed by atoms with van der Waals surface area (Å²) in [6.07, 6.45) is 8.49.